The fourth-order valence-corrected chi connectivity index (χ4v) is 3.38. The van der Waals surface area contributed by atoms with Gasteiger partial charge in [0.1, 0.15) is 10.6 Å². The minimum absolute atomic E-state index is 0.110. The van der Waals surface area contributed by atoms with Gasteiger partial charge in [-0.25, -0.2) is 13.1 Å². The number of sulfonamides is 1. The van der Waals surface area contributed by atoms with E-state index >= 15 is 0 Å². The van der Waals surface area contributed by atoms with Gasteiger partial charge in [0, 0.05) is 11.6 Å². The van der Waals surface area contributed by atoms with Crippen LogP contribution in [0.5, 0.6) is 5.75 Å². The van der Waals surface area contributed by atoms with E-state index in [1.165, 1.54) is 37.4 Å². The smallest absolute Gasteiger partial charge is 0.416 e. The molecule has 24 heavy (non-hydrogen) atoms. The van der Waals surface area contributed by atoms with Gasteiger partial charge in [-0.3, -0.25) is 0 Å². The molecule has 1 N–H and O–H groups in total. The van der Waals surface area contributed by atoms with Crippen LogP contribution in [0.25, 0.3) is 0 Å². The topological polar surface area (TPSA) is 55.4 Å². The molecule has 0 aliphatic carbocycles. The van der Waals surface area contributed by atoms with Gasteiger partial charge >= 0.3 is 6.18 Å². The van der Waals surface area contributed by atoms with Crippen LogP contribution >= 0.6 is 11.6 Å². The maximum absolute atomic E-state index is 12.5. The van der Waals surface area contributed by atoms with Crippen LogP contribution in [0, 0.1) is 0 Å². The quantitative estimate of drug-likeness (QED) is 0.858. The number of nitrogens with one attached hydrogen (secondary N) is 1. The van der Waals surface area contributed by atoms with Crippen LogP contribution < -0.4 is 9.46 Å². The summed E-state index contributed by atoms with van der Waals surface area (Å²) < 4.78 is 69.5. The Hall–Kier alpha value is -1.77. The second-order valence-electron chi connectivity index (χ2n) is 4.81. The van der Waals surface area contributed by atoms with Crippen molar-refractivity contribution < 1.29 is 26.3 Å². The van der Waals surface area contributed by atoms with E-state index in [1.807, 2.05) is 0 Å². The summed E-state index contributed by atoms with van der Waals surface area (Å²) in [7, 11) is -2.63. The summed E-state index contributed by atoms with van der Waals surface area (Å²) in [5.41, 5.74) is -0.418. The van der Waals surface area contributed by atoms with Gasteiger partial charge < -0.3 is 4.74 Å². The molecule has 0 saturated carbocycles. The number of halogens is 4. The Bertz CT molecular complexity index is 821. The molecule has 0 unspecified atom stereocenters. The van der Waals surface area contributed by atoms with E-state index < -0.39 is 21.8 Å². The summed E-state index contributed by atoms with van der Waals surface area (Å²) in [5.74, 6) is 0.110. The summed E-state index contributed by atoms with van der Waals surface area (Å²) in [6, 6.07) is 8.33. The van der Waals surface area contributed by atoms with Gasteiger partial charge in [-0.1, -0.05) is 23.7 Å². The fraction of sp³-hybridized carbons (Fsp3) is 0.200. The molecular weight excluding hydrogens is 367 g/mol. The third kappa shape index (κ3) is 4.40. The summed E-state index contributed by atoms with van der Waals surface area (Å²) in [6.07, 6.45) is -4.44. The Morgan fingerprint density at radius 3 is 2.29 bits per heavy atom. The van der Waals surface area contributed by atoms with E-state index in [0.29, 0.717) is 5.56 Å². The van der Waals surface area contributed by atoms with Gasteiger partial charge in [0.2, 0.25) is 10.0 Å². The highest BCUT2D eigenvalue weighted by molar-refractivity contribution is 7.89. The molecule has 0 heterocycles. The lowest BCUT2D eigenvalue weighted by atomic mass is 10.1. The molecule has 0 amide bonds. The second kappa shape index (κ2) is 7.00. The summed E-state index contributed by atoms with van der Waals surface area (Å²) >= 11 is 5.80. The van der Waals surface area contributed by atoms with Crippen molar-refractivity contribution >= 4 is 21.6 Å². The van der Waals surface area contributed by atoms with E-state index in [1.54, 1.807) is 0 Å². The van der Waals surface area contributed by atoms with Crippen LogP contribution in [-0.2, 0) is 22.7 Å². The number of benzene rings is 2. The Balaban J connectivity index is 2.18. The molecular formula is C15H13ClF3NO3S. The lowest BCUT2D eigenvalue weighted by molar-refractivity contribution is -0.137. The van der Waals surface area contributed by atoms with Crippen molar-refractivity contribution in [3.05, 3.63) is 58.6 Å². The third-order valence-electron chi connectivity index (χ3n) is 3.16. The summed E-state index contributed by atoms with van der Waals surface area (Å²) in [4.78, 5) is -0.149. The highest BCUT2D eigenvalue weighted by Crippen LogP contribution is 2.29. The zero-order valence-corrected chi connectivity index (χ0v) is 14.0. The molecule has 0 radical (unpaired) electrons. The molecule has 2 rings (SSSR count). The molecule has 0 saturated heterocycles. The maximum Gasteiger partial charge on any atom is 0.416 e. The lowest BCUT2D eigenvalue weighted by Gasteiger charge is -2.12. The first-order valence-corrected chi connectivity index (χ1v) is 8.49. The predicted molar refractivity (Wildman–Crippen MR) is 83.5 cm³/mol. The summed E-state index contributed by atoms with van der Waals surface area (Å²) in [6.45, 7) is -0.170. The molecule has 0 atom stereocenters. The van der Waals surface area contributed by atoms with Gasteiger partial charge in [0.05, 0.1) is 12.7 Å². The average molecular weight is 380 g/mol. The van der Waals surface area contributed by atoms with Crippen molar-refractivity contribution in [3.63, 3.8) is 0 Å². The zero-order chi connectivity index (χ0) is 18.0. The molecule has 130 valence electrons. The number of ether oxygens (including phenoxy) is 1. The number of methoxy groups -OCH3 is 1. The Morgan fingerprint density at radius 1 is 1.12 bits per heavy atom. The van der Waals surface area contributed by atoms with Crippen molar-refractivity contribution in [3.8, 4) is 5.75 Å². The van der Waals surface area contributed by atoms with Crippen molar-refractivity contribution in [1.29, 1.82) is 0 Å². The number of hydrogen-bond acceptors (Lipinski definition) is 3. The Labute approximate surface area is 142 Å². The van der Waals surface area contributed by atoms with Crippen LogP contribution in [0.4, 0.5) is 13.2 Å². The van der Waals surface area contributed by atoms with Crippen molar-refractivity contribution in [1.82, 2.24) is 4.72 Å². The third-order valence-corrected chi connectivity index (χ3v) is 4.82. The van der Waals surface area contributed by atoms with Crippen LogP contribution in [-0.4, -0.2) is 15.5 Å². The lowest BCUT2D eigenvalue weighted by Crippen LogP contribution is -2.23. The Morgan fingerprint density at radius 2 is 1.75 bits per heavy atom. The molecule has 0 spiro atoms. The van der Waals surface area contributed by atoms with E-state index in [4.69, 9.17) is 16.3 Å². The second-order valence-corrected chi connectivity index (χ2v) is 6.99. The van der Waals surface area contributed by atoms with E-state index in [0.717, 1.165) is 12.1 Å². The van der Waals surface area contributed by atoms with Crippen molar-refractivity contribution in [2.45, 2.75) is 17.6 Å². The first kappa shape index (κ1) is 18.6. The normalized spacial score (nSPS) is 12.2. The monoisotopic (exact) mass is 379 g/mol. The van der Waals surface area contributed by atoms with Gasteiger partial charge in [-0.15, -0.1) is 0 Å². The molecule has 2 aromatic rings. The van der Waals surface area contributed by atoms with Gasteiger partial charge in [0.15, 0.2) is 0 Å². The standard InChI is InChI=1S/C15H13ClF3NO3S/c1-23-13-7-6-12(16)8-14(13)24(21,22)20-9-10-2-4-11(5-3-10)15(17,18)19/h2-8,20H,9H2,1H3. The number of alkyl halides is 3. The van der Waals surface area contributed by atoms with E-state index in [9.17, 15) is 21.6 Å². The molecule has 4 nitrogen and oxygen atoms in total. The molecule has 0 fully saturated rings. The molecule has 9 heteroatoms. The first-order chi connectivity index (χ1) is 11.1. The average Bonchev–Trinajstić information content (AvgIpc) is 2.52. The molecule has 0 aromatic heterocycles. The van der Waals surface area contributed by atoms with Crippen molar-refractivity contribution in [2.75, 3.05) is 7.11 Å². The SMILES string of the molecule is COc1ccc(Cl)cc1S(=O)(=O)NCc1ccc(C(F)(F)F)cc1. The fourth-order valence-electron chi connectivity index (χ4n) is 1.93. The maximum atomic E-state index is 12.5. The number of rotatable bonds is 5. The zero-order valence-electron chi connectivity index (χ0n) is 12.4. The highest BCUT2D eigenvalue weighted by atomic mass is 35.5. The molecule has 0 aliphatic rings. The van der Waals surface area contributed by atoms with E-state index in [-0.39, 0.29) is 22.2 Å². The molecule has 0 aliphatic heterocycles. The van der Waals surface area contributed by atoms with Crippen LogP contribution in [0.3, 0.4) is 0 Å². The molecule has 2 aromatic carbocycles. The summed E-state index contributed by atoms with van der Waals surface area (Å²) in [5, 5.41) is 0.214. The van der Waals surface area contributed by atoms with Crippen LogP contribution in [0.2, 0.25) is 5.02 Å². The van der Waals surface area contributed by atoms with Gasteiger partial charge in [0.25, 0.3) is 0 Å². The highest BCUT2D eigenvalue weighted by Gasteiger charge is 2.30. The molecule has 0 bridgehead atoms. The van der Waals surface area contributed by atoms with Crippen LogP contribution in [0.15, 0.2) is 47.4 Å². The predicted octanol–water partition coefficient (Wildman–Crippen LogP) is 3.85. The first-order valence-electron chi connectivity index (χ1n) is 6.63. The van der Waals surface area contributed by atoms with Crippen molar-refractivity contribution in [2.24, 2.45) is 0 Å². The minimum atomic E-state index is -4.44. The largest absolute Gasteiger partial charge is 0.495 e. The van der Waals surface area contributed by atoms with Gasteiger partial charge in [-0.05, 0) is 35.9 Å². The Kier molecular flexibility index (Phi) is 5.42. The van der Waals surface area contributed by atoms with Crippen LogP contribution in [0.1, 0.15) is 11.1 Å². The van der Waals surface area contributed by atoms with Gasteiger partial charge in [-0.2, -0.15) is 13.2 Å². The minimum Gasteiger partial charge on any atom is -0.495 e. The number of hydrogen-bond donors (Lipinski definition) is 1. The van der Waals surface area contributed by atoms with E-state index in [2.05, 4.69) is 4.72 Å².